The minimum atomic E-state index is 0.244. The molecule has 0 bridgehead atoms. The molecule has 0 saturated carbocycles. The zero-order valence-electron chi connectivity index (χ0n) is 11.2. The van der Waals surface area contributed by atoms with E-state index in [4.69, 9.17) is 5.84 Å². The van der Waals surface area contributed by atoms with Crippen molar-refractivity contribution in [3.63, 3.8) is 0 Å². The van der Waals surface area contributed by atoms with Gasteiger partial charge in [0.2, 0.25) is 0 Å². The average molecular weight is 235 g/mol. The second kappa shape index (κ2) is 7.43. The normalized spacial score (nSPS) is 13.0. The lowest BCUT2D eigenvalue weighted by Crippen LogP contribution is -2.30. The Labute approximate surface area is 105 Å². The molecule has 0 spiro atoms. The first-order valence-corrected chi connectivity index (χ1v) is 6.37. The van der Waals surface area contributed by atoms with E-state index in [1.54, 1.807) is 0 Å². The summed E-state index contributed by atoms with van der Waals surface area (Å²) in [4.78, 5) is 2.18. The third-order valence-electron chi connectivity index (χ3n) is 2.99. The number of nitrogens with two attached hydrogens (primary N) is 1. The van der Waals surface area contributed by atoms with Crippen LogP contribution in [0.1, 0.15) is 36.9 Å². The summed E-state index contributed by atoms with van der Waals surface area (Å²) in [5, 5.41) is 0. The van der Waals surface area contributed by atoms with Crippen molar-refractivity contribution in [2.24, 2.45) is 5.84 Å². The van der Waals surface area contributed by atoms with Crippen LogP contribution >= 0.6 is 0 Å². The van der Waals surface area contributed by atoms with Crippen LogP contribution in [0.15, 0.2) is 24.3 Å². The van der Waals surface area contributed by atoms with Gasteiger partial charge in [0.1, 0.15) is 0 Å². The van der Waals surface area contributed by atoms with Crippen LogP contribution in [-0.4, -0.2) is 25.5 Å². The highest BCUT2D eigenvalue weighted by Gasteiger charge is 2.09. The molecule has 1 aromatic carbocycles. The highest BCUT2D eigenvalue weighted by molar-refractivity contribution is 5.25. The maximum atomic E-state index is 5.62. The highest BCUT2D eigenvalue weighted by atomic mass is 15.2. The third kappa shape index (κ3) is 4.86. The van der Waals surface area contributed by atoms with Crippen molar-refractivity contribution in [2.45, 2.75) is 32.2 Å². The van der Waals surface area contributed by atoms with Crippen LogP contribution in [0.5, 0.6) is 0 Å². The van der Waals surface area contributed by atoms with Gasteiger partial charge in [0.05, 0.1) is 0 Å². The maximum Gasteiger partial charge on any atom is 0.0472 e. The van der Waals surface area contributed by atoms with Gasteiger partial charge in [-0.15, -0.1) is 0 Å². The van der Waals surface area contributed by atoms with Crippen LogP contribution < -0.4 is 11.3 Å². The van der Waals surface area contributed by atoms with Crippen LogP contribution in [0.25, 0.3) is 0 Å². The second-order valence-electron chi connectivity index (χ2n) is 4.80. The third-order valence-corrected chi connectivity index (χ3v) is 2.99. The van der Waals surface area contributed by atoms with Gasteiger partial charge in [0, 0.05) is 6.04 Å². The van der Waals surface area contributed by atoms with Crippen molar-refractivity contribution in [3.8, 4) is 0 Å². The molecule has 0 radical (unpaired) electrons. The molecule has 3 heteroatoms. The number of nitrogens with one attached hydrogen (secondary N) is 1. The standard InChI is InChI=1S/C14H25N3/c1-4-5-12-6-8-13(9-7-12)14(16-15)10-11-17(2)3/h6-9,14,16H,4-5,10-11,15H2,1-3H3. The lowest BCUT2D eigenvalue weighted by molar-refractivity contribution is 0.363. The van der Waals surface area contributed by atoms with E-state index in [9.17, 15) is 0 Å². The van der Waals surface area contributed by atoms with Crippen molar-refractivity contribution < 1.29 is 0 Å². The molecule has 3 nitrogen and oxygen atoms in total. The van der Waals surface area contributed by atoms with Gasteiger partial charge < -0.3 is 4.90 Å². The molecular weight excluding hydrogens is 210 g/mol. The molecular formula is C14H25N3. The number of hydrazine groups is 1. The van der Waals surface area contributed by atoms with Crippen LogP contribution in [0, 0.1) is 0 Å². The van der Waals surface area contributed by atoms with Gasteiger partial charge in [-0.3, -0.25) is 11.3 Å². The highest BCUT2D eigenvalue weighted by Crippen LogP contribution is 2.17. The molecule has 0 amide bonds. The number of aryl methyl sites for hydroxylation is 1. The molecule has 0 heterocycles. The largest absolute Gasteiger partial charge is 0.309 e. The summed E-state index contributed by atoms with van der Waals surface area (Å²) in [6, 6.07) is 9.03. The topological polar surface area (TPSA) is 41.3 Å². The number of hydrogen-bond acceptors (Lipinski definition) is 3. The lowest BCUT2D eigenvalue weighted by atomic mass is 10.0. The SMILES string of the molecule is CCCc1ccc(C(CCN(C)C)NN)cc1. The first kappa shape index (κ1) is 14.2. The fourth-order valence-electron chi connectivity index (χ4n) is 1.94. The van der Waals surface area contributed by atoms with E-state index in [0.717, 1.165) is 19.4 Å². The van der Waals surface area contributed by atoms with E-state index < -0.39 is 0 Å². The number of benzene rings is 1. The lowest BCUT2D eigenvalue weighted by Gasteiger charge is -2.19. The van der Waals surface area contributed by atoms with Gasteiger partial charge in [-0.2, -0.15) is 0 Å². The van der Waals surface area contributed by atoms with Crippen molar-refractivity contribution >= 4 is 0 Å². The summed E-state index contributed by atoms with van der Waals surface area (Å²) >= 11 is 0. The summed E-state index contributed by atoms with van der Waals surface area (Å²) in [6.07, 6.45) is 3.37. The molecule has 1 atom stereocenters. The molecule has 0 aliphatic rings. The maximum absolute atomic E-state index is 5.62. The molecule has 0 aromatic heterocycles. The monoisotopic (exact) mass is 235 g/mol. The van der Waals surface area contributed by atoms with Gasteiger partial charge in [0.25, 0.3) is 0 Å². The summed E-state index contributed by atoms with van der Waals surface area (Å²) in [5.41, 5.74) is 5.57. The number of nitrogens with zero attached hydrogens (tertiary/aromatic N) is 1. The van der Waals surface area contributed by atoms with Gasteiger partial charge in [-0.1, -0.05) is 37.6 Å². The molecule has 1 rings (SSSR count). The molecule has 1 aromatic rings. The van der Waals surface area contributed by atoms with Crippen molar-refractivity contribution in [1.82, 2.24) is 10.3 Å². The van der Waals surface area contributed by atoms with Crippen LogP contribution in [0.2, 0.25) is 0 Å². The summed E-state index contributed by atoms with van der Waals surface area (Å²) in [7, 11) is 4.16. The van der Waals surface area contributed by atoms with Gasteiger partial charge in [-0.05, 0) is 44.6 Å². The predicted molar refractivity (Wildman–Crippen MR) is 73.7 cm³/mol. The first-order valence-electron chi connectivity index (χ1n) is 6.37. The fourth-order valence-corrected chi connectivity index (χ4v) is 1.94. The quantitative estimate of drug-likeness (QED) is 0.562. The average Bonchev–Trinajstić information content (AvgIpc) is 2.32. The smallest absolute Gasteiger partial charge is 0.0472 e. The Bertz CT molecular complexity index is 306. The van der Waals surface area contributed by atoms with Crippen LogP contribution in [-0.2, 0) is 6.42 Å². The van der Waals surface area contributed by atoms with E-state index in [-0.39, 0.29) is 6.04 Å². The Morgan fingerprint density at radius 2 is 1.88 bits per heavy atom. The van der Waals surface area contributed by atoms with E-state index >= 15 is 0 Å². The Morgan fingerprint density at radius 1 is 1.24 bits per heavy atom. The molecule has 0 aliphatic heterocycles. The van der Waals surface area contributed by atoms with Crippen molar-refractivity contribution in [1.29, 1.82) is 0 Å². The molecule has 17 heavy (non-hydrogen) atoms. The molecule has 0 fully saturated rings. The Balaban J connectivity index is 2.61. The molecule has 1 unspecified atom stereocenters. The first-order chi connectivity index (χ1) is 8.17. The van der Waals surface area contributed by atoms with Crippen LogP contribution in [0.4, 0.5) is 0 Å². The predicted octanol–water partition coefficient (Wildman–Crippen LogP) is 2.10. The molecule has 0 saturated heterocycles. The zero-order chi connectivity index (χ0) is 12.7. The summed E-state index contributed by atoms with van der Waals surface area (Å²) in [6.45, 7) is 3.24. The minimum Gasteiger partial charge on any atom is -0.309 e. The zero-order valence-corrected chi connectivity index (χ0v) is 11.2. The summed E-state index contributed by atoms with van der Waals surface area (Å²) in [5.74, 6) is 5.62. The van der Waals surface area contributed by atoms with Gasteiger partial charge in [-0.25, -0.2) is 0 Å². The number of rotatable bonds is 7. The van der Waals surface area contributed by atoms with E-state index in [0.29, 0.717) is 0 Å². The van der Waals surface area contributed by atoms with Crippen molar-refractivity contribution in [2.75, 3.05) is 20.6 Å². The molecule has 3 N–H and O–H groups in total. The summed E-state index contributed by atoms with van der Waals surface area (Å²) < 4.78 is 0. The second-order valence-corrected chi connectivity index (χ2v) is 4.80. The van der Waals surface area contributed by atoms with Gasteiger partial charge >= 0.3 is 0 Å². The fraction of sp³-hybridized carbons (Fsp3) is 0.571. The Kier molecular flexibility index (Phi) is 6.19. The molecule has 0 aliphatic carbocycles. The van der Waals surface area contributed by atoms with Crippen LogP contribution in [0.3, 0.4) is 0 Å². The molecule has 96 valence electrons. The van der Waals surface area contributed by atoms with Gasteiger partial charge in [0.15, 0.2) is 0 Å². The van der Waals surface area contributed by atoms with E-state index in [2.05, 4.69) is 55.6 Å². The van der Waals surface area contributed by atoms with E-state index in [1.165, 1.54) is 17.5 Å². The number of hydrogen-bond donors (Lipinski definition) is 2. The minimum absolute atomic E-state index is 0.244. The Morgan fingerprint density at radius 3 is 2.35 bits per heavy atom. The Hall–Kier alpha value is -0.900. The van der Waals surface area contributed by atoms with Crippen molar-refractivity contribution in [3.05, 3.63) is 35.4 Å². The van der Waals surface area contributed by atoms with E-state index in [1.807, 2.05) is 0 Å².